The van der Waals surface area contributed by atoms with Crippen molar-refractivity contribution in [2.24, 2.45) is 0 Å². The maximum atomic E-state index is 12.4. The van der Waals surface area contributed by atoms with Crippen molar-refractivity contribution in [3.8, 4) is 0 Å². The lowest BCUT2D eigenvalue weighted by molar-refractivity contribution is -0.139. The molecule has 0 saturated carbocycles. The maximum absolute atomic E-state index is 12.4. The molecule has 2 rings (SSSR count). The summed E-state index contributed by atoms with van der Waals surface area (Å²) in [6.45, 7) is 5.68. The summed E-state index contributed by atoms with van der Waals surface area (Å²) in [5.41, 5.74) is 3.32. The number of carboxylic acid groups (broad SMARTS) is 1. The van der Waals surface area contributed by atoms with Gasteiger partial charge in [-0.3, -0.25) is 4.79 Å². The van der Waals surface area contributed by atoms with Gasteiger partial charge in [-0.1, -0.05) is 23.8 Å². The number of carbonyl (C=O) groups excluding carboxylic acids is 1. The van der Waals surface area contributed by atoms with Gasteiger partial charge in [0.2, 0.25) is 0 Å². The number of carbonyl (C=O) groups is 2. The highest BCUT2D eigenvalue weighted by molar-refractivity contribution is 7.10. The van der Waals surface area contributed by atoms with E-state index in [4.69, 9.17) is 0 Å². The minimum atomic E-state index is -1.06. The second-order valence-electron chi connectivity index (χ2n) is 5.03. The summed E-state index contributed by atoms with van der Waals surface area (Å²) in [4.78, 5) is 24.4. The number of nitrogens with one attached hydrogen (secondary N) is 1. The highest BCUT2D eigenvalue weighted by atomic mass is 32.1. The number of rotatable bonds is 4. The number of aryl methyl sites for hydroxylation is 3. The van der Waals surface area contributed by atoms with Crippen molar-refractivity contribution in [3.05, 3.63) is 56.8 Å². The van der Waals surface area contributed by atoms with Crippen LogP contribution in [-0.4, -0.2) is 17.0 Å². The van der Waals surface area contributed by atoms with E-state index < -0.39 is 12.0 Å². The molecule has 0 spiro atoms. The van der Waals surface area contributed by atoms with E-state index in [2.05, 4.69) is 5.32 Å². The predicted octanol–water partition coefficient (Wildman–Crippen LogP) is 3.23. The van der Waals surface area contributed by atoms with E-state index in [1.807, 2.05) is 32.9 Å². The third-order valence-electron chi connectivity index (χ3n) is 3.25. The summed E-state index contributed by atoms with van der Waals surface area (Å²) in [6, 6.07) is 6.30. The Labute approximate surface area is 127 Å². The molecule has 2 N–H and O–H groups in total. The Morgan fingerprint density at radius 1 is 1.19 bits per heavy atom. The molecule has 0 radical (unpaired) electrons. The molecule has 4 nitrogen and oxygen atoms in total. The minimum absolute atomic E-state index is 0.356. The number of aliphatic carboxylic acids is 1. The van der Waals surface area contributed by atoms with E-state index in [0.29, 0.717) is 10.4 Å². The van der Waals surface area contributed by atoms with E-state index in [1.54, 1.807) is 17.5 Å². The van der Waals surface area contributed by atoms with Gasteiger partial charge in [0, 0.05) is 10.4 Å². The van der Waals surface area contributed by atoms with Crippen LogP contribution in [0.2, 0.25) is 0 Å². The van der Waals surface area contributed by atoms with Gasteiger partial charge in [0.15, 0.2) is 6.04 Å². The van der Waals surface area contributed by atoms with Gasteiger partial charge in [-0.05, 0) is 43.3 Å². The molecule has 2 aromatic rings. The molecule has 1 unspecified atom stereocenters. The summed E-state index contributed by atoms with van der Waals surface area (Å²) < 4.78 is 0. The van der Waals surface area contributed by atoms with Crippen LogP contribution in [0.1, 0.15) is 38.0 Å². The zero-order valence-corrected chi connectivity index (χ0v) is 13.0. The minimum Gasteiger partial charge on any atom is -0.479 e. The Balaban J connectivity index is 2.31. The fourth-order valence-electron chi connectivity index (χ4n) is 2.45. The third-order valence-corrected chi connectivity index (χ3v) is 4.19. The number of carboxylic acids is 1. The molecule has 1 heterocycles. The quantitative estimate of drug-likeness (QED) is 0.911. The van der Waals surface area contributed by atoms with Crippen LogP contribution in [0.3, 0.4) is 0 Å². The van der Waals surface area contributed by atoms with E-state index >= 15 is 0 Å². The molecule has 1 aromatic carbocycles. The van der Waals surface area contributed by atoms with Gasteiger partial charge in [-0.2, -0.15) is 0 Å². The first-order chi connectivity index (χ1) is 9.90. The molecule has 0 aliphatic carbocycles. The third kappa shape index (κ3) is 3.31. The molecule has 0 aliphatic rings. The topological polar surface area (TPSA) is 66.4 Å². The number of hydrogen-bond acceptors (Lipinski definition) is 3. The Hall–Kier alpha value is -2.14. The normalized spacial score (nSPS) is 12.0. The number of thiophene rings is 1. The van der Waals surface area contributed by atoms with Gasteiger partial charge in [0.1, 0.15) is 0 Å². The molecule has 0 aliphatic heterocycles. The van der Waals surface area contributed by atoms with E-state index in [-0.39, 0.29) is 5.91 Å². The Morgan fingerprint density at radius 2 is 1.81 bits per heavy atom. The summed E-state index contributed by atoms with van der Waals surface area (Å²) in [7, 11) is 0. The highest BCUT2D eigenvalue weighted by Gasteiger charge is 2.24. The van der Waals surface area contributed by atoms with Crippen LogP contribution in [-0.2, 0) is 4.79 Å². The van der Waals surface area contributed by atoms with Crippen LogP contribution in [0.15, 0.2) is 29.6 Å². The summed E-state index contributed by atoms with van der Waals surface area (Å²) in [6.07, 6.45) is 0. The molecule has 5 heteroatoms. The van der Waals surface area contributed by atoms with Gasteiger partial charge in [-0.15, -0.1) is 11.3 Å². The number of benzene rings is 1. The standard InChI is InChI=1S/C16H17NO3S/c1-9-7-10(2)13(11(3)8-9)15(18)17-14(16(19)20)12-5-4-6-21-12/h4-8,14H,1-3H3,(H,17,18)(H,19,20). The smallest absolute Gasteiger partial charge is 0.331 e. The Bertz CT molecular complexity index is 654. The van der Waals surface area contributed by atoms with Gasteiger partial charge in [0.25, 0.3) is 5.91 Å². The van der Waals surface area contributed by atoms with Crippen molar-refractivity contribution < 1.29 is 14.7 Å². The summed E-state index contributed by atoms with van der Waals surface area (Å²) in [5.74, 6) is -1.42. The molecule has 0 saturated heterocycles. The monoisotopic (exact) mass is 303 g/mol. The summed E-state index contributed by atoms with van der Waals surface area (Å²) in [5, 5.41) is 13.7. The molecule has 1 aromatic heterocycles. The largest absolute Gasteiger partial charge is 0.479 e. The van der Waals surface area contributed by atoms with Crippen LogP contribution in [0.4, 0.5) is 0 Å². The van der Waals surface area contributed by atoms with Gasteiger partial charge in [0.05, 0.1) is 0 Å². The van der Waals surface area contributed by atoms with Crippen LogP contribution in [0.25, 0.3) is 0 Å². The zero-order valence-electron chi connectivity index (χ0n) is 12.1. The predicted molar refractivity (Wildman–Crippen MR) is 82.8 cm³/mol. The lowest BCUT2D eigenvalue weighted by atomic mass is 9.99. The maximum Gasteiger partial charge on any atom is 0.331 e. The van der Waals surface area contributed by atoms with Gasteiger partial charge < -0.3 is 10.4 Å². The summed E-state index contributed by atoms with van der Waals surface area (Å²) >= 11 is 1.31. The average molecular weight is 303 g/mol. The first-order valence-electron chi connectivity index (χ1n) is 6.55. The molecule has 1 atom stereocenters. The van der Waals surface area contributed by atoms with Crippen molar-refractivity contribution in [1.29, 1.82) is 0 Å². The fraction of sp³-hybridized carbons (Fsp3) is 0.250. The average Bonchev–Trinajstić information content (AvgIpc) is 2.87. The van der Waals surface area contributed by atoms with Crippen LogP contribution in [0.5, 0.6) is 0 Å². The van der Waals surface area contributed by atoms with Gasteiger partial charge >= 0.3 is 5.97 Å². The molecule has 0 fully saturated rings. The lowest BCUT2D eigenvalue weighted by Gasteiger charge is -2.16. The first kappa shape index (κ1) is 15.3. The lowest BCUT2D eigenvalue weighted by Crippen LogP contribution is -2.34. The second kappa shape index (κ2) is 6.10. The molecular weight excluding hydrogens is 286 g/mol. The van der Waals surface area contributed by atoms with E-state index in [0.717, 1.165) is 16.7 Å². The van der Waals surface area contributed by atoms with Crippen LogP contribution >= 0.6 is 11.3 Å². The zero-order chi connectivity index (χ0) is 15.6. The van der Waals surface area contributed by atoms with Crippen molar-refractivity contribution >= 4 is 23.2 Å². The molecule has 21 heavy (non-hydrogen) atoms. The first-order valence-corrected chi connectivity index (χ1v) is 7.43. The van der Waals surface area contributed by atoms with Crippen LogP contribution in [0, 0.1) is 20.8 Å². The van der Waals surface area contributed by atoms with E-state index in [9.17, 15) is 14.7 Å². The van der Waals surface area contributed by atoms with Crippen molar-refractivity contribution in [1.82, 2.24) is 5.32 Å². The molecular formula is C16H17NO3S. The van der Waals surface area contributed by atoms with Crippen molar-refractivity contribution in [2.75, 3.05) is 0 Å². The second-order valence-corrected chi connectivity index (χ2v) is 6.01. The fourth-order valence-corrected chi connectivity index (χ4v) is 3.22. The van der Waals surface area contributed by atoms with Crippen LogP contribution < -0.4 is 5.32 Å². The highest BCUT2D eigenvalue weighted by Crippen LogP contribution is 2.22. The van der Waals surface area contributed by atoms with Crippen molar-refractivity contribution in [3.63, 3.8) is 0 Å². The SMILES string of the molecule is Cc1cc(C)c(C(=O)NC(C(=O)O)c2cccs2)c(C)c1. The number of amides is 1. The van der Waals surface area contributed by atoms with Gasteiger partial charge in [-0.25, -0.2) is 4.79 Å². The molecule has 1 amide bonds. The number of hydrogen-bond donors (Lipinski definition) is 2. The Kier molecular flexibility index (Phi) is 4.43. The van der Waals surface area contributed by atoms with Crippen molar-refractivity contribution in [2.45, 2.75) is 26.8 Å². The Morgan fingerprint density at radius 3 is 2.29 bits per heavy atom. The van der Waals surface area contributed by atoms with E-state index in [1.165, 1.54) is 11.3 Å². The molecule has 0 bridgehead atoms. The molecule has 110 valence electrons.